The molecule has 0 rings (SSSR count). The molecular formula is C5H14NO2P. The van der Waals surface area contributed by atoms with E-state index in [0.29, 0.717) is 6.16 Å². The Bertz CT molecular complexity index is 110. The summed E-state index contributed by atoms with van der Waals surface area (Å²) in [6.07, 6.45) is 4.44. The molecule has 0 aliphatic carbocycles. The van der Waals surface area contributed by atoms with Crippen LogP contribution in [-0.2, 0) is 0 Å². The molecule has 0 radical (unpaired) electrons. The number of hydrogen-bond donors (Lipinski definition) is 3. The Morgan fingerprint density at radius 3 is 2.44 bits per heavy atom. The molecule has 0 aliphatic heterocycles. The summed E-state index contributed by atoms with van der Waals surface area (Å²) < 4.78 is 0. The highest BCUT2D eigenvalue weighted by molar-refractivity contribution is 7.62. The quantitative estimate of drug-likeness (QED) is 0.387. The van der Waals surface area contributed by atoms with E-state index in [1.54, 1.807) is 0 Å². The molecule has 0 amide bonds. The molecule has 0 spiro atoms. The zero-order chi connectivity index (χ0) is 7.33. The molecule has 0 unspecified atom stereocenters. The third kappa shape index (κ3) is 8.18. The van der Waals surface area contributed by atoms with Crippen LogP contribution < -0.4 is 5.32 Å². The zero-order valence-corrected chi connectivity index (χ0v) is 6.56. The van der Waals surface area contributed by atoms with Gasteiger partial charge in [-0.3, -0.25) is 0 Å². The molecule has 0 aliphatic rings. The lowest BCUT2D eigenvalue weighted by Gasteiger charge is -2.07. The Labute approximate surface area is 55.9 Å². The van der Waals surface area contributed by atoms with Crippen molar-refractivity contribution in [1.29, 1.82) is 0 Å². The summed E-state index contributed by atoms with van der Waals surface area (Å²) >= 11 is 0. The van der Waals surface area contributed by atoms with Gasteiger partial charge in [0.15, 0.2) is 0 Å². The van der Waals surface area contributed by atoms with Crippen LogP contribution >= 0.6 is 7.34 Å². The van der Waals surface area contributed by atoms with Crippen LogP contribution in [0.1, 0.15) is 6.42 Å². The summed E-state index contributed by atoms with van der Waals surface area (Å²) in [6.45, 7) is 0.818. The lowest BCUT2D eigenvalue weighted by atomic mass is 10.5. The normalized spacial score (nSPS) is 11.9. The maximum Gasteiger partial charge on any atom is 0.111 e. The van der Waals surface area contributed by atoms with E-state index in [0.717, 1.165) is 13.0 Å². The van der Waals surface area contributed by atoms with Gasteiger partial charge in [0.1, 0.15) is 7.34 Å². The highest BCUT2D eigenvalue weighted by atomic mass is 31.2. The standard InChI is InChI=1S/C5H14NO2P/c1-6-4-3-5-9(2,7)8/h6-8H,2-5H2,1H3. The van der Waals surface area contributed by atoms with Gasteiger partial charge in [-0.05, 0) is 20.0 Å². The van der Waals surface area contributed by atoms with Crippen molar-refractivity contribution in [3.63, 3.8) is 0 Å². The average Bonchev–Trinajstić information content (AvgIpc) is 1.63. The van der Waals surface area contributed by atoms with Crippen LogP contribution in [0.15, 0.2) is 0 Å². The molecule has 3 nitrogen and oxygen atoms in total. The van der Waals surface area contributed by atoms with Crippen molar-refractivity contribution < 1.29 is 9.79 Å². The van der Waals surface area contributed by atoms with Gasteiger partial charge in [0.25, 0.3) is 0 Å². The Hall–Kier alpha value is 0.180. The molecule has 56 valence electrons. The second kappa shape index (κ2) is 4.07. The predicted molar refractivity (Wildman–Crippen MR) is 41.9 cm³/mol. The van der Waals surface area contributed by atoms with Gasteiger partial charge in [-0.1, -0.05) is 6.30 Å². The molecule has 0 aromatic rings. The highest BCUT2D eigenvalue weighted by Gasteiger charge is 2.01. The van der Waals surface area contributed by atoms with Gasteiger partial charge in [0.2, 0.25) is 0 Å². The fourth-order valence-corrected chi connectivity index (χ4v) is 1.17. The smallest absolute Gasteiger partial charge is 0.111 e. The summed E-state index contributed by atoms with van der Waals surface area (Å²) in [4.78, 5) is 17.5. The largest absolute Gasteiger partial charge is 0.353 e. The topological polar surface area (TPSA) is 52.5 Å². The minimum atomic E-state index is -2.74. The van der Waals surface area contributed by atoms with E-state index >= 15 is 0 Å². The molecular weight excluding hydrogens is 137 g/mol. The molecule has 0 aromatic carbocycles. The van der Waals surface area contributed by atoms with E-state index in [1.807, 2.05) is 7.05 Å². The van der Waals surface area contributed by atoms with Gasteiger partial charge in [-0.15, -0.1) is 0 Å². The Morgan fingerprint density at radius 2 is 2.11 bits per heavy atom. The maximum atomic E-state index is 8.77. The van der Waals surface area contributed by atoms with Crippen LogP contribution in [0.25, 0.3) is 0 Å². The van der Waals surface area contributed by atoms with Crippen molar-refractivity contribution >= 4 is 13.6 Å². The minimum Gasteiger partial charge on any atom is -0.353 e. The van der Waals surface area contributed by atoms with E-state index in [1.165, 1.54) is 0 Å². The third-order valence-corrected chi connectivity index (χ3v) is 1.98. The molecule has 3 N–H and O–H groups in total. The Kier molecular flexibility index (Phi) is 4.15. The predicted octanol–water partition coefficient (Wildman–Crippen LogP) is -0.140. The molecule has 0 aromatic heterocycles. The molecule has 9 heavy (non-hydrogen) atoms. The lowest BCUT2D eigenvalue weighted by molar-refractivity contribution is 0.474. The van der Waals surface area contributed by atoms with Crippen LogP contribution in [0, 0.1) is 0 Å². The van der Waals surface area contributed by atoms with Crippen LogP contribution in [0.5, 0.6) is 0 Å². The fraction of sp³-hybridized carbons (Fsp3) is 0.800. The average molecular weight is 151 g/mol. The van der Waals surface area contributed by atoms with Gasteiger partial charge in [0, 0.05) is 6.16 Å². The van der Waals surface area contributed by atoms with Gasteiger partial charge < -0.3 is 15.1 Å². The third-order valence-electron chi connectivity index (χ3n) is 0.943. The van der Waals surface area contributed by atoms with Gasteiger partial charge in [-0.2, -0.15) is 0 Å². The molecule has 0 fully saturated rings. The van der Waals surface area contributed by atoms with Gasteiger partial charge >= 0.3 is 0 Å². The van der Waals surface area contributed by atoms with Crippen molar-refractivity contribution in [2.24, 2.45) is 0 Å². The molecule has 0 atom stereocenters. The van der Waals surface area contributed by atoms with Crippen LogP contribution in [-0.4, -0.2) is 35.8 Å². The van der Waals surface area contributed by atoms with Crippen LogP contribution in [0.2, 0.25) is 0 Å². The van der Waals surface area contributed by atoms with Crippen molar-refractivity contribution in [2.45, 2.75) is 6.42 Å². The van der Waals surface area contributed by atoms with Crippen LogP contribution in [0.3, 0.4) is 0 Å². The second-order valence-corrected chi connectivity index (χ2v) is 4.26. The first kappa shape index (κ1) is 9.18. The summed E-state index contributed by atoms with van der Waals surface area (Å²) in [6, 6.07) is 0. The fourth-order valence-electron chi connectivity index (χ4n) is 0.509. The number of hydrogen-bond acceptors (Lipinski definition) is 3. The Balaban J connectivity index is 3.18. The number of nitrogens with one attached hydrogen (secondary N) is 1. The molecule has 0 bridgehead atoms. The molecule has 4 heteroatoms. The summed E-state index contributed by atoms with van der Waals surface area (Å²) in [5.41, 5.74) is 0. The summed E-state index contributed by atoms with van der Waals surface area (Å²) in [5.74, 6) is 0. The SMILES string of the molecule is C=P(O)(O)CCCNC. The zero-order valence-electron chi connectivity index (χ0n) is 5.67. The molecule has 0 saturated heterocycles. The first-order valence-electron chi connectivity index (χ1n) is 2.89. The van der Waals surface area contributed by atoms with Crippen molar-refractivity contribution in [3.05, 3.63) is 0 Å². The minimum absolute atomic E-state index is 0.424. The highest BCUT2D eigenvalue weighted by Crippen LogP contribution is 2.33. The van der Waals surface area contributed by atoms with Crippen molar-refractivity contribution in [3.8, 4) is 0 Å². The summed E-state index contributed by atoms with van der Waals surface area (Å²) in [7, 11) is -0.904. The monoisotopic (exact) mass is 151 g/mol. The Morgan fingerprint density at radius 1 is 1.56 bits per heavy atom. The van der Waals surface area contributed by atoms with E-state index in [2.05, 4.69) is 11.6 Å². The van der Waals surface area contributed by atoms with Crippen molar-refractivity contribution in [2.75, 3.05) is 19.8 Å². The maximum absolute atomic E-state index is 8.77. The van der Waals surface area contributed by atoms with Gasteiger partial charge in [0.05, 0.1) is 0 Å². The first-order chi connectivity index (χ1) is 4.06. The van der Waals surface area contributed by atoms with E-state index in [4.69, 9.17) is 9.79 Å². The number of rotatable bonds is 4. The second-order valence-electron chi connectivity index (χ2n) is 2.06. The van der Waals surface area contributed by atoms with E-state index < -0.39 is 7.34 Å². The molecule has 0 saturated carbocycles. The van der Waals surface area contributed by atoms with Crippen LogP contribution in [0.4, 0.5) is 0 Å². The van der Waals surface area contributed by atoms with E-state index in [-0.39, 0.29) is 0 Å². The lowest BCUT2D eigenvalue weighted by Crippen LogP contribution is -2.09. The molecule has 0 heterocycles. The van der Waals surface area contributed by atoms with Crippen molar-refractivity contribution in [1.82, 2.24) is 5.32 Å². The van der Waals surface area contributed by atoms with Gasteiger partial charge in [-0.25, -0.2) is 0 Å². The van der Waals surface area contributed by atoms with E-state index in [9.17, 15) is 0 Å². The first-order valence-corrected chi connectivity index (χ1v) is 4.95. The summed E-state index contributed by atoms with van der Waals surface area (Å²) in [5, 5.41) is 2.91.